The van der Waals surface area contributed by atoms with Crippen molar-refractivity contribution in [3.8, 4) is 0 Å². The summed E-state index contributed by atoms with van der Waals surface area (Å²) in [6.45, 7) is 2.72. The Bertz CT molecular complexity index is 396. The highest BCUT2D eigenvalue weighted by Crippen LogP contribution is 2.23. The van der Waals surface area contributed by atoms with Gasteiger partial charge in [0.15, 0.2) is 0 Å². The second-order valence-electron chi connectivity index (χ2n) is 5.72. The Balaban J connectivity index is 1.78. The molecule has 0 aromatic heterocycles. The molecule has 1 N–H and O–H groups in total. The topological polar surface area (TPSA) is 32.3 Å². The van der Waals surface area contributed by atoms with Crippen LogP contribution in [-0.4, -0.2) is 25.5 Å². The maximum atomic E-state index is 12.0. The monoisotopic (exact) mass is 260 g/mol. The van der Waals surface area contributed by atoms with E-state index >= 15 is 0 Å². The number of hydrogen-bond donors (Lipinski definition) is 1. The fourth-order valence-electron chi connectivity index (χ4n) is 2.67. The molecule has 19 heavy (non-hydrogen) atoms. The summed E-state index contributed by atoms with van der Waals surface area (Å²) in [5.41, 5.74) is 1.08. The number of nitrogens with zero attached hydrogens (tertiary/aromatic N) is 1. The minimum Gasteiger partial charge on any atom is -0.365 e. The zero-order valence-corrected chi connectivity index (χ0v) is 11.9. The summed E-state index contributed by atoms with van der Waals surface area (Å²) < 4.78 is 0. The van der Waals surface area contributed by atoms with Gasteiger partial charge in [-0.05, 0) is 43.7 Å². The second-order valence-corrected chi connectivity index (χ2v) is 5.72. The van der Waals surface area contributed by atoms with E-state index in [1.165, 1.54) is 12.8 Å². The molecule has 0 aliphatic heterocycles. The van der Waals surface area contributed by atoms with E-state index in [2.05, 4.69) is 12.2 Å². The molecular formula is C16H24N2O. The van der Waals surface area contributed by atoms with Crippen molar-refractivity contribution in [1.82, 2.24) is 5.32 Å². The van der Waals surface area contributed by atoms with Crippen LogP contribution in [0, 0.1) is 5.92 Å². The van der Waals surface area contributed by atoms with Crippen LogP contribution in [0.25, 0.3) is 0 Å². The number of amides is 1. The molecule has 1 amide bonds. The standard InChI is InChI=1S/C16H24N2O/c1-13-8-10-14(11-9-13)17-16(19)12-18(2)15-6-4-3-5-7-15/h3-7,13-14H,8-12H2,1-2H3,(H,17,19). The van der Waals surface area contributed by atoms with Crippen molar-refractivity contribution >= 4 is 11.6 Å². The molecule has 0 heterocycles. The molecule has 0 spiro atoms. The molecule has 1 aromatic carbocycles. The predicted molar refractivity (Wildman–Crippen MR) is 79.3 cm³/mol. The van der Waals surface area contributed by atoms with Gasteiger partial charge in [-0.25, -0.2) is 0 Å². The minimum atomic E-state index is 0.130. The van der Waals surface area contributed by atoms with Crippen molar-refractivity contribution in [2.75, 3.05) is 18.5 Å². The van der Waals surface area contributed by atoms with Gasteiger partial charge in [0.1, 0.15) is 0 Å². The molecule has 104 valence electrons. The fourth-order valence-corrected chi connectivity index (χ4v) is 2.67. The number of para-hydroxylation sites is 1. The van der Waals surface area contributed by atoms with Gasteiger partial charge in [-0.1, -0.05) is 25.1 Å². The Morgan fingerprint density at radius 3 is 2.47 bits per heavy atom. The summed E-state index contributed by atoms with van der Waals surface area (Å²) in [6.07, 6.45) is 4.73. The van der Waals surface area contributed by atoms with Crippen LogP contribution in [0.5, 0.6) is 0 Å². The SMILES string of the molecule is CC1CCC(NC(=O)CN(C)c2ccccc2)CC1. The normalized spacial score (nSPS) is 22.8. The Morgan fingerprint density at radius 1 is 1.21 bits per heavy atom. The van der Waals surface area contributed by atoms with Gasteiger partial charge in [0.2, 0.25) is 5.91 Å². The Labute approximate surface area is 116 Å². The molecule has 1 aliphatic rings. The average Bonchev–Trinajstić information content (AvgIpc) is 2.42. The van der Waals surface area contributed by atoms with Gasteiger partial charge in [0.05, 0.1) is 6.54 Å². The number of anilines is 1. The van der Waals surface area contributed by atoms with Crippen molar-refractivity contribution in [1.29, 1.82) is 0 Å². The zero-order valence-electron chi connectivity index (χ0n) is 11.9. The lowest BCUT2D eigenvalue weighted by Gasteiger charge is -2.28. The largest absolute Gasteiger partial charge is 0.365 e. The summed E-state index contributed by atoms with van der Waals surface area (Å²) in [6, 6.07) is 10.4. The number of likely N-dealkylation sites (N-methyl/N-ethyl adjacent to an activating group) is 1. The third kappa shape index (κ3) is 4.27. The maximum Gasteiger partial charge on any atom is 0.239 e. The zero-order chi connectivity index (χ0) is 13.7. The first-order valence-corrected chi connectivity index (χ1v) is 7.20. The first-order valence-electron chi connectivity index (χ1n) is 7.20. The molecule has 0 unspecified atom stereocenters. The number of carbonyl (C=O) groups excluding carboxylic acids is 1. The summed E-state index contributed by atoms with van der Waals surface area (Å²) >= 11 is 0. The van der Waals surface area contributed by atoms with Crippen LogP contribution in [0.3, 0.4) is 0 Å². The highest BCUT2D eigenvalue weighted by molar-refractivity contribution is 5.81. The number of rotatable bonds is 4. The van der Waals surface area contributed by atoms with Gasteiger partial charge in [-0.3, -0.25) is 4.79 Å². The third-order valence-corrected chi connectivity index (χ3v) is 3.96. The van der Waals surface area contributed by atoms with Crippen LogP contribution >= 0.6 is 0 Å². The van der Waals surface area contributed by atoms with Crippen molar-refractivity contribution < 1.29 is 4.79 Å². The summed E-state index contributed by atoms with van der Waals surface area (Å²) in [5, 5.41) is 3.16. The summed E-state index contributed by atoms with van der Waals surface area (Å²) in [7, 11) is 1.96. The predicted octanol–water partition coefficient (Wildman–Crippen LogP) is 2.82. The number of benzene rings is 1. The Morgan fingerprint density at radius 2 is 1.84 bits per heavy atom. The van der Waals surface area contributed by atoms with Gasteiger partial charge in [-0.2, -0.15) is 0 Å². The molecule has 1 fully saturated rings. The Hall–Kier alpha value is -1.51. The van der Waals surface area contributed by atoms with Crippen molar-refractivity contribution in [3.63, 3.8) is 0 Å². The van der Waals surface area contributed by atoms with Crippen molar-refractivity contribution in [3.05, 3.63) is 30.3 Å². The van der Waals surface area contributed by atoms with Gasteiger partial charge < -0.3 is 10.2 Å². The smallest absolute Gasteiger partial charge is 0.239 e. The van der Waals surface area contributed by atoms with Crippen LogP contribution in [0.4, 0.5) is 5.69 Å². The molecule has 2 rings (SSSR count). The maximum absolute atomic E-state index is 12.0. The Kier molecular flexibility index (Phi) is 4.83. The lowest BCUT2D eigenvalue weighted by molar-refractivity contribution is -0.120. The summed E-state index contributed by atoms with van der Waals surface area (Å²) in [5.74, 6) is 0.950. The lowest BCUT2D eigenvalue weighted by atomic mass is 9.87. The molecular weight excluding hydrogens is 236 g/mol. The van der Waals surface area contributed by atoms with E-state index in [-0.39, 0.29) is 5.91 Å². The average molecular weight is 260 g/mol. The summed E-state index contributed by atoms with van der Waals surface area (Å²) in [4.78, 5) is 14.0. The quantitative estimate of drug-likeness (QED) is 0.903. The molecule has 1 saturated carbocycles. The second kappa shape index (κ2) is 6.60. The molecule has 0 radical (unpaired) electrons. The lowest BCUT2D eigenvalue weighted by Crippen LogP contribution is -2.42. The van der Waals surface area contributed by atoms with Crippen LogP contribution in [-0.2, 0) is 4.79 Å². The van der Waals surface area contributed by atoms with Crippen LogP contribution in [0.15, 0.2) is 30.3 Å². The molecule has 1 aliphatic carbocycles. The van der Waals surface area contributed by atoms with Gasteiger partial charge in [-0.15, -0.1) is 0 Å². The number of hydrogen-bond acceptors (Lipinski definition) is 2. The van der Waals surface area contributed by atoms with E-state index in [1.807, 2.05) is 42.3 Å². The third-order valence-electron chi connectivity index (χ3n) is 3.96. The highest BCUT2D eigenvalue weighted by Gasteiger charge is 2.20. The van der Waals surface area contributed by atoms with Crippen molar-refractivity contribution in [2.45, 2.75) is 38.6 Å². The van der Waals surface area contributed by atoms with E-state index in [0.29, 0.717) is 12.6 Å². The molecule has 1 aromatic rings. The van der Waals surface area contributed by atoms with E-state index in [0.717, 1.165) is 24.4 Å². The first-order chi connectivity index (χ1) is 9.15. The molecule has 0 saturated heterocycles. The molecule has 3 heteroatoms. The minimum absolute atomic E-state index is 0.130. The van der Waals surface area contributed by atoms with E-state index in [9.17, 15) is 4.79 Å². The van der Waals surface area contributed by atoms with Gasteiger partial charge >= 0.3 is 0 Å². The molecule has 3 nitrogen and oxygen atoms in total. The number of nitrogens with one attached hydrogen (secondary N) is 1. The molecule has 0 atom stereocenters. The van der Waals surface area contributed by atoms with Gasteiger partial charge in [0.25, 0.3) is 0 Å². The molecule has 0 bridgehead atoms. The first kappa shape index (κ1) is 13.9. The van der Waals surface area contributed by atoms with E-state index < -0.39 is 0 Å². The van der Waals surface area contributed by atoms with E-state index in [4.69, 9.17) is 0 Å². The fraction of sp³-hybridized carbons (Fsp3) is 0.562. The van der Waals surface area contributed by atoms with Gasteiger partial charge in [0, 0.05) is 18.8 Å². The van der Waals surface area contributed by atoms with Crippen LogP contribution in [0.1, 0.15) is 32.6 Å². The number of carbonyl (C=O) groups is 1. The van der Waals surface area contributed by atoms with E-state index in [1.54, 1.807) is 0 Å². The highest BCUT2D eigenvalue weighted by atomic mass is 16.2. The van der Waals surface area contributed by atoms with Crippen LogP contribution in [0.2, 0.25) is 0 Å². The van der Waals surface area contributed by atoms with Crippen LogP contribution < -0.4 is 10.2 Å². The van der Waals surface area contributed by atoms with Crippen molar-refractivity contribution in [2.24, 2.45) is 5.92 Å².